The van der Waals surface area contributed by atoms with Crippen molar-refractivity contribution in [1.82, 2.24) is 14.9 Å². The lowest BCUT2D eigenvalue weighted by atomic mass is 9.98. The van der Waals surface area contributed by atoms with Gasteiger partial charge < -0.3 is 10.5 Å². The summed E-state index contributed by atoms with van der Waals surface area (Å²) in [6.45, 7) is 4.38. The minimum absolute atomic E-state index is 0.0778. The Balaban J connectivity index is 1.75. The van der Waals surface area contributed by atoms with E-state index < -0.39 is 0 Å². The molecule has 0 amide bonds. The molecule has 1 aromatic carbocycles. The number of hydrogen-bond donors (Lipinski definition) is 1. The van der Waals surface area contributed by atoms with E-state index in [0.717, 1.165) is 30.3 Å². The van der Waals surface area contributed by atoms with Gasteiger partial charge in [-0.05, 0) is 44.5 Å². The van der Waals surface area contributed by atoms with Crippen LogP contribution in [0.4, 0.5) is 5.82 Å². The van der Waals surface area contributed by atoms with E-state index in [0.29, 0.717) is 36.4 Å². The molecule has 1 fully saturated rings. The quantitative estimate of drug-likeness (QED) is 0.855. The lowest BCUT2D eigenvalue weighted by Gasteiger charge is -2.30. The van der Waals surface area contributed by atoms with Crippen molar-refractivity contribution in [3.8, 4) is 0 Å². The average molecular weight is 349 g/mol. The number of fused-ring (bicyclic) bond motifs is 1. The molecule has 0 aliphatic carbocycles. The second-order valence-electron chi connectivity index (χ2n) is 6.01. The Hall–Kier alpha value is -1.92. The number of benzene rings is 1. The van der Waals surface area contributed by atoms with Gasteiger partial charge in [-0.2, -0.15) is 0 Å². The summed E-state index contributed by atoms with van der Waals surface area (Å²) >= 11 is 6.04. The molecule has 1 aliphatic heterocycles. The van der Waals surface area contributed by atoms with Crippen LogP contribution < -0.4 is 5.73 Å². The van der Waals surface area contributed by atoms with Crippen molar-refractivity contribution in [3.63, 3.8) is 0 Å². The largest absolute Gasteiger partial charge is 0.466 e. The molecule has 7 heteroatoms. The first-order chi connectivity index (χ1) is 11.6. The molecule has 1 saturated heterocycles. The number of esters is 1. The number of likely N-dealkylation sites (tertiary alicyclic amines) is 1. The number of nitrogens with zero attached hydrogens (tertiary/aromatic N) is 3. The van der Waals surface area contributed by atoms with Gasteiger partial charge in [-0.1, -0.05) is 11.6 Å². The molecule has 1 aliphatic rings. The predicted molar refractivity (Wildman–Crippen MR) is 93.6 cm³/mol. The van der Waals surface area contributed by atoms with Gasteiger partial charge in [0, 0.05) is 17.0 Å². The van der Waals surface area contributed by atoms with Gasteiger partial charge in [0.05, 0.1) is 24.6 Å². The maximum absolute atomic E-state index is 11.9. The van der Waals surface area contributed by atoms with Crippen molar-refractivity contribution in [2.24, 2.45) is 5.92 Å². The van der Waals surface area contributed by atoms with Crippen molar-refractivity contribution < 1.29 is 9.53 Å². The first kappa shape index (κ1) is 16.9. The van der Waals surface area contributed by atoms with Crippen molar-refractivity contribution in [2.45, 2.75) is 26.3 Å². The summed E-state index contributed by atoms with van der Waals surface area (Å²) in [5, 5.41) is 1.41. The highest BCUT2D eigenvalue weighted by Crippen LogP contribution is 2.23. The van der Waals surface area contributed by atoms with Crippen molar-refractivity contribution >= 4 is 34.3 Å². The zero-order valence-electron chi connectivity index (χ0n) is 13.7. The Labute approximate surface area is 146 Å². The molecule has 128 valence electrons. The van der Waals surface area contributed by atoms with Gasteiger partial charge in [0.1, 0.15) is 11.6 Å². The maximum Gasteiger partial charge on any atom is 0.310 e. The van der Waals surface area contributed by atoms with Crippen LogP contribution in [-0.4, -0.2) is 40.5 Å². The number of rotatable bonds is 4. The molecule has 2 aromatic rings. The second kappa shape index (κ2) is 7.32. The van der Waals surface area contributed by atoms with E-state index in [1.165, 1.54) is 0 Å². The Morgan fingerprint density at radius 1 is 1.46 bits per heavy atom. The number of halogens is 1. The van der Waals surface area contributed by atoms with Crippen LogP contribution in [0, 0.1) is 5.92 Å². The zero-order valence-corrected chi connectivity index (χ0v) is 14.4. The molecule has 2 heterocycles. The number of ether oxygens (including phenoxy) is 1. The van der Waals surface area contributed by atoms with Crippen LogP contribution in [0.2, 0.25) is 5.02 Å². The first-order valence-corrected chi connectivity index (χ1v) is 8.55. The maximum atomic E-state index is 11.9. The van der Waals surface area contributed by atoms with Crippen LogP contribution in [-0.2, 0) is 16.1 Å². The Kier molecular flexibility index (Phi) is 5.16. The summed E-state index contributed by atoms with van der Waals surface area (Å²) in [4.78, 5) is 23.1. The number of nitrogen functional groups attached to an aromatic ring is 1. The van der Waals surface area contributed by atoms with Gasteiger partial charge >= 0.3 is 5.97 Å². The van der Waals surface area contributed by atoms with Gasteiger partial charge in [-0.25, -0.2) is 9.97 Å². The number of nitrogens with two attached hydrogens (primary N) is 1. The third-order valence-corrected chi connectivity index (χ3v) is 4.46. The molecular formula is C17H21ClN4O2. The summed E-state index contributed by atoms with van der Waals surface area (Å²) < 4.78 is 5.14. The summed E-state index contributed by atoms with van der Waals surface area (Å²) in [5.74, 6) is 0.899. The van der Waals surface area contributed by atoms with Crippen LogP contribution in [0.5, 0.6) is 0 Å². The number of anilines is 1. The number of carbonyl (C=O) groups is 1. The minimum atomic E-state index is -0.118. The Morgan fingerprint density at radius 3 is 3.08 bits per heavy atom. The van der Waals surface area contributed by atoms with Gasteiger partial charge in [0.25, 0.3) is 0 Å². The highest BCUT2D eigenvalue weighted by atomic mass is 35.5. The van der Waals surface area contributed by atoms with Crippen LogP contribution in [0.1, 0.15) is 25.6 Å². The fraction of sp³-hybridized carbons (Fsp3) is 0.471. The molecule has 1 unspecified atom stereocenters. The Morgan fingerprint density at radius 2 is 2.29 bits per heavy atom. The number of piperidine rings is 1. The van der Waals surface area contributed by atoms with E-state index in [2.05, 4.69) is 14.9 Å². The summed E-state index contributed by atoms with van der Waals surface area (Å²) in [5.41, 5.74) is 6.78. The number of aromatic nitrogens is 2. The van der Waals surface area contributed by atoms with E-state index in [9.17, 15) is 4.79 Å². The predicted octanol–water partition coefficient (Wildman–Crippen LogP) is 2.64. The van der Waals surface area contributed by atoms with Crippen LogP contribution >= 0.6 is 11.6 Å². The molecule has 0 bridgehead atoms. The summed E-state index contributed by atoms with van der Waals surface area (Å²) in [7, 11) is 0. The van der Waals surface area contributed by atoms with E-state index in [1.807, 2.05) is 13.0 Å². The molecule has 0 radical (unpaired) electrons. The molecule has 24 heavy (non-hydrogen) atoms. The SMILES string of the molecule is CCOC(=O)C1CCCN(Cc2nc(N)c3ccc(Cl)cc3n2)C1. The molecule has 1 aromatic heterocycles. The molecule has 0 spiro atoms. The summed E-state index contributed by atoms with van der Waals surface area (Å²) in [6, 6.07) is 5.39. The number of carbonyl (C=O) groups excluding carboxylic acids is 1. The van der Waals surface area contributed by atoms with Gasteiger partial charge in [0.2, 0.25) is 0 Å². The third-order valence-electron chi connectivity index (χ3n) is 4.23. The zero-order chi connectivity index (χ0) is 17.1. The molecule has 2 N–H and O–H groups in total. The Bertz CT molecular complexity index is 753. The highest BCUT2D eigenvalue weighted by molar-refractivity contribution is 6.31. The van der Waals surface area contributed by atoms with Crippen LogP contribution in [0.3, 0.4) is 0 Å². The first-order valence-electron chi connectivity index (χ1n) is 8.17. The van der Waals surface area contributed by atoms with Crippen molar-refractivity contribution in [2.75, 3.05) is 25.4 Å². The van der Waals surface area contributed by atoms with Crippen molar-refractivity contribution in [1.29, 1.82) is 0 Å². The molecule has 6 nitrogen and oxygen atoms in total. The molecule has 0 saturated carbocycles. The number of hydrogen-bond acceptors (Lipinski definition) is 6. The summed E-state index contributed by atoms with van der Waals surface area (Å²) in [6.07, 6.45) is 1.82. The van der Waals surface area contributed by atoms with Crippen LogP contribution in [0.15, 0.2) is 18.2 Å². The normalized spacial score (nSPS) is 18.7. The lowest BCUT2D eigenvalue weighted by Crippen LogP contribution is -2.39. The third kappa shape index (κ3) is 3.76. The standard InChI is InChI=1S/C17H21ClN4O2/c1-2-24-17(23)11-4-3-7-22(9-11)10-15-20-14-8-12(18)5-6-13(14)16(19)21-15/h5-6,8,11H,2-4,7,9-10H2,1H3,(H2,19,20,21). The fourth-order valence-corrected chi connectivity index (χ4v) is 3.27. The molecular weight excluding hydrogens is 328 g/mol. The average Bonchev–Trinajstić information content (AvgIpc) is 2.55. The van der Waals surface area contributed by atoms with Gasteiger partial charge in [0.15, 0.2) is 0 Å². The minimum Gasteiger partial charge on any atom is -0.466 e. The van der Waals surface area contributed by atoms with Gasteiger partial charge in [-0.15, -0.1) is 0 Å². The van der Waals surface area contributed by atoms with Crippen molar-refractivity contribution in [3.05, 3.63) is 29.0 Å². The van der Waals surface area contributed by atoms with E-state index in [-0.39, 0.29) is 11.9 Å². The highest BCUT2D eigenvalue weighted by Gasteiger charge is 2.27. The lowest BCUT2D eigenvalue weighted by molar-refractivity contribution is -0.150. The smallest absolute Gasteiger partial charge is 0.310 e. The van der Waals surface area contributed by atoms with E-state index in [1.54, 1.807) is 12.1 Å². The fourth-order valence-electron chi connectivity index (χ4n) is 3.10. The topological polar surface area (TPSA) is 81.3 Å². The molecule has 1 atom stereocenters. The van der Waals surface area contributed by atoms with E-state index in [4.69, 9.17) is 22.1 Å². The second-order valence-corrected chi connectivity index (χ2v) is 6.45. The van der Waals surface area contributed by atoms with Gasteiger partial charge in [-0.3, -0.25) is 9.69 Å². The molecule has 3 rings (SSSR count). The monoisotopic (exact) mass is 348 g/mol. The van der Waals surface area contributed by atoms with E-state index >= 15 is 0 Å². The van der Waals surface area contributed by atoms with Crippen LogP contribution in [0.25, 0.3) is 10.9 Å².